The summed E-state index contributed by atoms with van der Waals surface area (Å²) in [7, 11) is 0. The van der Waals surface area contributed by atoms with Crippen molar-refractivity contribution in [2.24, 2.45) is 0 Å². The van der Waals surface area contributed by atoms with Crippen molar-refractivity contribution in [1.29, 1.82) is 0 Å². The number of ether oxygens (including phenoxy) is 1. The maximum Gasteiger partial charge on any atom is 0.252 e. The molecule has 0 aromatic heterocycles. The smallest absolute Gasteiger partial charge is 0.252 e. The second-order valence-electron chi connectivity index (χ2n) is 3.53. The fraction of sp³-hybridized carbons (Fsp3) is 0.417. The van der Waals surface area contributed by atoms with Gasteiger partial charge < -0.3 is 10.1 Å². The zero-order valence-corrected chi connectivity index (χ0v) is 13.6. The molecule has 0 unspecified atom stereocenters. The van der Waals surface area contributed by atoms with Crippen molar-refractivity contribution in [2.45, 2.75) is 6.42 Å². The summed E-state index contributed by atoms with van der Waals surface area (Å²) in [6, 6.07) is 5.45. The van der Waals surface area contributed by atoms with Gasteiger partial charge >= 0.3 is 0 Å². The molecule has 0 aliphatic rings. The van der Waals surface area contributed by atoms with Crippen molar-refractivity contribution in [3.05, 3.63) is 32.7 Å². The summed E-state index contributed by atoms with van der Waals surface area (Å²) in [5.41, 5.74) is 0.625. The third-order valence-electron chi connectivity index (χ3n) is 2.15. The summed E-state index contributed by atoms with van der Waals surface area (Å²) in [5.74, 6) is 0.407. The molecule has 0 heterocycles. The predicted molar refractivity (Wildman–Crippen MR) is 80.3 cm³/mol. The normalized spacial score (nSPS) is 10.4. The van der Waals surface area contributed by atoms with E-state index in [9.17, 15) is 4.79 Å². The van der Waals surface area contributed by atoms with Crippen LogP contribution in [0.15, 0.2) is 27.1 Å². The average Bonchev–Trinajstić information content (AvgIpc) is 2.33. The number of alkyl halides is 1. The maximum atomic E-state index is 11.8. The molecule has 1 rings (SSSR count). The quantitative estimate of drug-likeness (QED) is 0.562. The van der Waals surface area contributed by atoms with Gasteiger partial charge in [0.1, 0.15) is 0 Å². The average molecular weight is 400 g/mol. The SMILES string of the molecule is O=C(NCCCOCCCl)c1ccc(Br)cc1Br. The Hall–Kier alpha value is -0.100. The summed E-state index contributed by atoms with van der Waals surface area (Å²) in [4.78, 5) is 11.8. The summed E-state index contributed by atoms with van der Waals surface area (Å²) < 4.78 is 6.91. The van der Waals surface area contributed by atoms with Gasteiger partial charge in [0, 0.05) is 28.0 Å². The number of benzene rings is 1. The van der Waals surface area contributed by atoms with E-state index in [1.54, 1.807) is 6.07 Å². The monoisotopic (exact) mass is 397 g/mol. The molecule has 0 saturated carbocycles. The standard InChI is InChI=1S/C12H14Br2ClNO2/c13-9-2-3-10(11(14)8-9)12(17)16-5-1-6-18-7-4-15/h2-3,8H,1,4-7H2,(H,16,17). The Balaban J connectivity index is 2.32. The van der Waals surface area contributed by atoms with Gasteiger partial charge in [-0.25, -0.2) is 0 Å². The molecule has 1 N–H and O–H groups in total. The molecule has 1 aromatic carbocycles. The van der Waals surface area contributed by atoms with Crippen LogP contribution in [0.4, 0.5) is 0 Å². The first-order valence-electron chi connectivity index (χ1n) is 5.52. The van der Waals surface area contributed by atoms with E-state index in [1.807, 2.05) is 12.1 Å². The summed E-state index contributed by atoms with van der Waals surface area (Å²) in [5, 5.41) is 2.84. The third-order valence-corrected chi connectivity index (χ3v) is 3.45. The largest absolute Gasteiger partial charge is 0.380 e. The molecule has 0 radical (unpaired) electrons. The first-order chi connectivity index (χ1) is 8.65. The topological polar surface area (TPSA) is 38.3 Å². The molecule has 1 aromatic rings. The van der Waals surface area contributed by atoms with Crippen molar-refractivity contribution >= 4 is 49.4 Å². The van der Waals surface area contributed by atoms with E-state index in [0.29, 0.717) is 31.2 Å². The van der Waals surface area contributed by atoms with Gasteiger partial charge in [0.15, 0.2) is 0 Å². The minimum Gasteiger partial charge on any atom is -0.380 e. The molecule has 6 heteroatoms. The molecule has 0 aliphatic carbocycles. The Morgan fingerprint density at radius 1 is 1.33 bits per heavy atom. The van der Waals surface area contributed by atoms with Gasteiger partial charge in [0.25, 0.3) is 5.91 Å². The molecule has 0 bridgehead atoms. The number of nitrogens with one attached hydrogen (secondary N) is 1. The number of carbonyl (C=O) groups is 1. The predicted octanol–water partition coefficient (Wildman–Crippen LogP) is 3.59. The van der Waals surface area contributed by atoms with Gasteiger partial charge in [-0.05, 0) is 40.5 Å². The molecule has 18 heavy (non-hydrogen) atoms. The van der Waals surface area contributed by atoms with E-state index in [4.69, 9.17) is 16.3 Å². The van der Waals surface area contributed by atoms with Crippen molar-refractivity contribution in [1.82, 2.24) is 5.32 Å². The van der Waals surface area contributed by atoms with E-state index in [-0.39, 0.29) is 5.91 Å². The van der Waals surface area contributed by atoms with E-state index < -0.39 is 0 Å². The first-order valence-corrected chi connectivity index (χ1v) is 7.64. The molecular formula is C12H14Br2ClNO2. The van der Waals surface area contributed by atoms with Crippen LogP contribution in [0.5, 0.6) is 0 Å². The molecule has 0 fully saturated rings. The van der Waals surface area contributed by atoms with Crippen LogP contribution in [0, 0.1) is 0 Å². The van der Waals surface area contributed by atoms with Crippen LogP contribution in [0.3, 0.4) is 0 Å². The van der Waals surface area contributed by atoms with Crippen LogP contribution in [-0.2, 0) is 4.74 Å². The third kappa shape index (κ3) is 5.69. The zero-order valence-electron chi connectivity index (χ0n) is 9.72. The lowest BCUT2D eigenvalue weighted by atomic mass is 10.2. The fourth-order valence-corrected chi connectivity index (χ4v) is 2.64. The minimum absolute atomic E-state index is 0.0910. The molecule has 0 spiro atoms. The van der Waals surface area contributed by atoms with Gasteiger partial charge in [-0.2, -0.15) is 0 Å². The molecule has 0 saturated heterocycles. The van der Waals surface area contributed by atoms with Crippen LogP contribution >= 0.6 is 43.5 Å². The highest BCUT2D eigenvalue weighted by atomic mass is 79.9. The molecule has 0 aliphatic heterocycles. The highest BCUT2D eigenvalue weighted by molar-refractivity contribution is 9.11. The van der Waals surface area contributed by atoms with Crippen molar-refractivity contribution in [3.63, 3.8) is 0 Å². The van der Waals surface area contributed by atoms with Gasteiger partial charge in [0.2, 0.25) is 0 Å². The van der Waals surface area contributed by atoms with Crippen LogP contribution in [0.25, 0.3) is 0 Å². The lowest BCUT2D eigenvalue weighted by Gasteiger charge is -2.07. The number of rotatable bonds is 7. The number of hydrogen-bond donors (Lipinski definition) is 1. The molecular weight excluding hydrogens is 385 g/mol. The van der Waals surface area contributed by atoms with E-state index in [2.05, 4.69) is 37.2 Å². The summed E-state index contributed by atoms with van der Waals surface area (Å²) in [6.45, 7) is 1.74. The molecule has 0 atom stereocenters. The van der Waals surface area contributed by atoms with Crippen LogP contribution < -0.4 is 5.32 Å². The lowest BCUT2D eigenvalue weighted by Crippen LogP contribution is -2.25. The Morgan fingerprint density at radius 3 is 2.78 bits per heavy atom. The Labute approximate surface area is 128 Å². The molecule has 3 nitrogen and oxygen atoms in total. The van der Waals surface area contributed by atoms with E-state index in [1.165, 1.54) is 0 Å². The first kappa shape index (κ1) is 16.0. The maximum absolute atomic E-state index is 11.8. The Morgan fingerprint density at radius 2 is 2.11 bits per heavy atom. The van der Waals surface area contributed by atoms with Crippen LogP contribution in [0.2, 0.25) is 0 Å². The Bertz CT molecular complexity index is 402. The van der Waals surface area contributed by atoms with Gasteiger partial charge in [-0.15, -0.1) is 11.6 Å². The molecule has 100 valence electrons. The summed E-state index contributed by atoms with van der Waals surface area (Å²) in [6.07, 6.45) is 0.775. The highest BCUT2D eigenvalue weighted by Gasteiger charge is 2.09. The highest BCUT2D eigenvalue weighted by Crippen LogP contribution is 2.21. The second-order valence-corrected chi connectivity index (χ2v) is 5.68. The minimum atomic E-state index is -0.0910. The van der Waals surface area contributed by atoms with Crippen molar-refractivity contribution in [3.8, 4) is 0 Å². The Kier molecular flexibility index (Phi) is 7.90. The zero-order chi connectivity index (χ0) is 13.4. The summed E-state index contributed by atoms with van der Waals surface area (Å²) >= 11 is 12.2. The number of carbonyl (C=O) groups excluding carboxylic acids is 1. The van der Waals surface area contributed by atoms with Gasteiger partial charge in [-0.3, -0.25) is 4.79 Å². The van der Waals surface area contributed by atoms with E-state index >= 15 is 0 Å². The fourth-order valence-electron chi connectivity index (χ4n) is 1.30. The van der Waals surface area contributed by atoms with Crippen LogP contribution in [0.1, 0.15) is 16.8 Å². The second kappa shape index (κ2) is 8.91. The lowest BCUT2D eigenvalue weighted by molar-refractivity contribution is 0.0943. The van der Waals surface area contributed by atoms with Gasteiger partial charge in [0.05, 0.1) is 12.2 Å². The van der Waals surface area contributed by atoms with Crippen LogP contribution in [-0.4, -0.2) is 31.5 Å². The number of amides is 1. The van der Waals surface area contributed by atoms with Gasteiger partial charge in [-0.1, -0.05) is 15.9 Å². The molecule has 1 amide bonds. The van der Waals surface area contributed by atoms with Crippen molar-refractivity contribution in [2.75, 3.05) is 25.6 Å². The van der Waals surface area contributed by atoms with Crippen molar-refractivity contribution < 1.29 is 9.53 Å². The number of hydrogen-bond acceptors (Lipinski definition) is 2. The van der Waals surface area contributed by atoms with E-state index in [0.717, 1.165) is 15.4 Å². The number of halogens is 3.